The number of nitrogens with zero attached hydrogens (tertiary/aromatic N) is 1. The van der Waals surface area contributed by atoms with Gasteiger partial charge < -0.3 is 15.4 Å². The Balaban J connectivity index is 2.23. The van der Waals surface area contributed by atoms with Crippen LogP contribution in [0.1, 0.15) is 26.5 Å². The molecule has 0 radical (unpaired) electrons. The van der Waals surface area contributed by atoms with Gasteiger partial charge in [0.1, 0.15) is 17.1 Å². The molecule has 0 spiro atoms. The first kappa shape index (κ1) is 18.5. The summed E-state index contributed by atoms with van der Waals surface area (Å²) in [7, 11) is 1.49. The van der Waals surface area contributed by atoms with Gasteiger partial charge in [-0.3, -0.25) is 9.59 Å². The van der Waals surface area contributed by atoms with Crippen LogP contribution in [-0.4, -0.2) is 30.5 Å². The highest BCUT2D eigenvalue weighted by Gasteiger charge is 2.15. The van der Waals surface area contributed by atoms with Gasteiger partial charge in [-0.2, -0.15) is 0 Å². The Morgan fingerprint density at radius 3 is 2.60 bits per heavy atom. The minimum absolute atomic E-state index is 0.112. The van der Waals surface area contributed by atoms with Crippen LogP contribution < -0.4 is 15.4 Å². The molecule has 0 aliphatic carbocycles. The number of benzene rings is 1. The summed E-state index contributed by atoms with van der Waals surface area (Å²) in [5.74, 6) is -0.406. The topological polar surface area (TPSA) is 80.3 Å². The molecule has 1 aromatic carbocycles. The molecule has 0 fully saturated rings. The molecule has 7 heteroatoms. The molecule has 0 saturated heterocycles. The highest BCUT2D eigenvalue weighted by Crippen LogP contribution is 2.31. The van der Waals surface area contributed by atoms with Gasteiger partial charge in [-0.05, 0) is 30.7 Å². The molecule has 0 atom stereocenters. The second kappa shape index (κ2) is 8.30. The van der Waals surface area contributed by atoms with Crippen LogP contribution in [0.25, 0.3) is 0 Å². The van der Waals surface area contributed by atoms with E-state index in [1.54, 1.807) is 24.3 Å². The molecule has 25 heavy (non-hydrogen) atoms. The molecule has 1 aromatic heterocycles. The third-order valence-electron chi connectivity index (χ3n) is 3.35. The van der Waals surface area contributed by atoms with E-state index >= 15 is 0 Å². The maximum atomic E-state index is 12.5. The smallest absolute Gasteiger partial charge is 0.274 e. The number of hydrogen-bond donors (Lipinski definition) is 2. The van der Waals surface area contributed by atoms with E-state index < -0.39 is 5.91 Å². The number of amides is 2. The lowest BCUT2D eigenvalue weighted by Crippen LogP contribution is -2.25. The van der Waals surface area contributed by atoms with Gasteiger partial charge in [-0.1, -0.05) is 23.7 Å². The molecule has 130 valence electrons. The van der Waals surface area contributed by atoms with Gasteiger partial charge in [0.25, 0.3) is 11.8 Å². The molecular formula is C18H18ClN3O3. The van der Waals surface area contributed by atoms with E-state index in [1.165, 1.54) is 19.2 Å². The maximum Gasteiger partial charge on any atom is 0.274 e. The number of pyridine rings is 1. The summed E-state index contributed by atoms with van der Waals surface area (Å²) in [5.41, 5.74) is 1.52. The third kappa shape index (κ3) is 4.58. The summed E-state index contributed by atoms with van der Waals surface area (Å²) >= 11 is 6.06. The Morgan fingerprint density at radius 1 is 1.28 bits per heavy atom. The monoisotopic (exact) mass is 359 g/mol. The summed E-state index contributed by atoms with van der Waals surface area (Å²) in [4.78, 5) is 28.5. The van der Waals surface area contributed by atoms with Gasteiger partial charge >= 0.3 is 0 Å². The van der Waals surface area contributed by atoms with Crippen LogP contribution in [-0.2, 0) is 0 Å². The number of nitrogens with one attached hydrogen (secondary N) is 2. The average molecular weight is 360 g/mol. The van der Waals surface area contributed by atoms with Crippen LogP contribution in [0.4, 0.5) is 5.69 Å². The quantitative estimate of drug-likeness (QED) is 0.776. The van der Waals surface area contributed by atoms with Crippen molar-refractivity contribution in [2.45, 2.75) is 6.92 Å². The predicted octanol–water partition coefficient (Wildman–Crippen LogP) is 3.22. The van der Waals surface area contributed by atoms with Crippen LogP contribution in [0.2, 0.25) is 5.02 Å². The summed E-state index contributed by atoms with van der Waals surface area (Å²) in [6.07, 6.45) is 1.56. The zero-order valence-corrected chi connectivity index (χ0v) is 14.7. The lowest BCUT2D eigenvalue weighted by Gasteiger charge is -2.12. The van der Waals surface area contributed by atoms with Crippen molar-refractivity contribution in [3.05, 3.63) is 65.0 Å². The molecule has 6 nitrogen and oxygen atoms in total. The number of carbonyl (C=O) groups is 2. The maximum absolute atomic E-state index is 12.5. The van der Waals surface area contributed by atoms with Gasteiger partial charge in [0.15, 0.2) is 0 Å². The van der Waals surface area contributed by atoms with Crippen molar-refractivity contribution in [2.24, 2.45) is 0 Å². The van der Waals surface area contributed by atoms with Crippen LogP contribution >= 0.6 is 11.6 Å². The Morgan fingerprint density at radius 2 is 1.96 bits per heavy atom. The lowest BCUT2D eigenvalue weighted by molar-refractivity contribution is 0.0953. The Hall–Kier alpha value is -2.86. The zero-order chi connectivity index (χ0) is 18.4. The van der Waals surface area contributed by atoms with Crippen molar-refractivity contribution in [3.8, 4) is 5.75 Å². The summed E-state index contributed by atoms with van der Waals surface area (Å²) in [5, 5.41) is 5.87. The minimum Gasteiger partial charge on any atom is -0.495 e. The standard InChI is InChI=1S/C18H18ClN3O3/c1-4-8-20-17(23)13-6-5-7-14(21-13)18(24)22-15-9-11(2)12(19)10-16(15)25-3/h4-7,9-10H,1,8H2,2-3H3,(H,20,23)(H,22,24). The summed E-state index contributed by atoms with van der Waals surface area (Å²) in [6, 6.07) is 7.98. The molecule has 0 aliphatic heterocycles. The predicted molar refractivity (Wildman–Crippen MR) is 97.5 cm³/mol. The fourth-order valence-electron chi connectivity index (χ4n) is 2.06. The number of rotatable bonds is 6. The van der Waals surface area contributed by atoms with E-state index in [-0.39, 0.29) is 17.3 Å². The van der Waals surface area contributed by atoms with Crippen molar-refractivity contribution in [3.63, 3.8) is 0 Å². The number of carbonyl (C=O) groups excluding carboxylic acids is 2. The largest absolute Gasteiger partial charge is 0.495 e. The molecule has 0 unspecified atom stereocenters. The van der Waals surface area contributed by atoms with Crippen LogP contribution in [0.5, 0.6) is 5.75 Å². The second-order valence-corrected chi connectivity index (χ2v) is 5.57. The molecule has 0 aliphatic rings. The van der Waals surface area contributed by atoms with Crippen molar-refractivity contribution in [1.29, 1.82) is 0 Å². The van der Waals surface area contributed by atoms with E-state index in [4.69, 9.17) is 16.3 Å². The fourth-order valence-corrected chi connectivity index (χ4v) is 2.21. The van der Waals surface area contributed by atoms with Gasteiger partial charge in [-0.25, -0.2) is 4.98 Å². The first-order valence-electron chi connectivity index (χ1n) is 7.48. The molecule has 0 bridgehead atoms. The number of aryl methyl sites for hydroxylation is 1. The highest BCUT2D eigenvalue weighted by atomic mass is 35.5. The van der Waals surface area contributed by atoms with Gasteiger partial charge in [-0.15, -0.1) is 6.58 Å². The van der Waals surface area contributed by atoms with Crippen molar-refractivity contribution < 1.29 is 14.3 Å². The lowest BCUT2D eigenvalue weighted by atomic mass is 10.2. The second-order valence-electron chi connectivity index (χ2n) is 5.16. The van der Waals surface area contributed by atoms with E-state index in [0.29, 0.717) is 23.0 Å². The van der Waals surface area contributed by atoms with Crippen LogP contribution in [0, 0.1) is 6.92 Å². The molecular weight excluding hydrogens is 342 g/mol. The Kier molecular flexibility index (Phi) is 6.14. The highest BCUT2D eigenvalue weighted by molar-refractivity contribution is 6.31. The van der Waals surface area contributed by atoms with E-state index in [2.05, 4.69) is 22.2 Å². The van der Waals surface area contributed by atoms with Crippen LogP contribution in [0.15, 0.2) is 43.0 Å². The number of ether oxygens (including phenoxy) is 1. The molecule has 2 N–H and O–H groups in total. The average Bonchev–Trinajstić information content (AvgIpc) is 2.62. The van der Waals surface area contributed by atoms with E-state index in [0.717, 1.165) is 5.56 Å². The number of methoxy groups -OCH3 is 1. The molecule has 2 rings (SSSR count). The molecule has 0 saturated carbocycles. The first-order chi connectivity index (χ1) is 12.0. The number of aromatic nitrogens is 1. The Bertz CT molecular complexity index is 821. The van der Waals surface area contributed by atoms with E-state index in [1.807, 2.05) is 6.92 Å². The first-order valence-corrected chi connectivity index (χ1v) is 7.85. The fraction of sp³-hybridized carbons (Fsp3) is 0.167. The SMILES string of the molecule is C=CCNC(=O)c1cccc(C(=O)Nc2cc(C)c(Cl)cc2OC)n1. The number of anilines is 1. The zero-order valence-electron chi connectivity index (χ0n) is 13.9. The number of hydrogen-bond acceptors (Lipinski definition) is 4. The molecule has 2 aromatic rings. The van der Waals surface area contributed by atoms with E-state index in [9.17, 15) is 9.59 Å². The van der Waals surface area contributed by atoms with Gasteiger partial charge in [0.05, 0.1) is 12.8 Å². The number of halogens is 1. The normalized spacial score (nSPS) is 10.0. The van der Waals surface area contributed by atoms with Crippen molar-refractivity contribution in [1.82, 2.24) is 10.3 Å². The third-order valence-corrected chi connectivity index (χ3v) is 3.76. The molecule has 1 heterocycles. The van der Waals surface area contributed by atoms with Crippen LogP contribution in [0.3, 0.4) is 0 Å². The van der Waals surface area contributed by atoms with Gasteiger partial charge in [0.2, 0.25) is 0 Å². The molecule has 2 amide bonds. The van der Waals surface area contributed by atoms with Crippen molar-refractivity contribution >= 4 is 29.1 Å². The Labute approximate surface area is 150 Å². The summed E-state index contributed by atoms with van der Waals surface area (Å²) < 4.78 is 5.23. The summed E-state index contributed by atoms with van der Waals surface area (Å²) in [6.45, 7) is 5.67. The minimum atomic E-state index is -0.460. The van der Waals surface area contributed by atoms with Crippen molar-refractivity contribution in [2.75, 3.05) is 19.0 Å². The van der Waals surface area contributed by atoms with Gasteiger partial charge in [0, 0.05) is 17.6 Å².